The molecule has 23 heavy (non-hydrogen) atoms. The highest BCUT2D eigenvalue weighted by Crippen LogP contribution is 2.24. The summed E-state index contributed by atoms with van der Waals surface area (Å²) in [6.07, 6.45) is -3.92. The molecule has 1 aliphatic rings. The lowest BCUT2D eigenvalue weighted by atomic mass is 9.99. The van der Waals surface area contributed by atoms with E-state index in [0.717, 1.165) is 0 Å². The summed E-state index contributed by atoms with van der Waals surface area (Å²) >= 11 is 0. The van der Waals surface area contributed by atoms with E-state index in [1.54, 1.807) is 0 Å². The second-order valence-corrected chi connectivity index (χ2v) is 4.97. The van der Waals surface area contributed by atoms with Crippen molar-refractivity contribution in [2.45, 2.75) is 52.1 Å². The highest BCUT2D eigenvalue weighted by Gasteiger charge is 2.47. The number of carbonyl (C=O) groups excluding carboxylic acids is 4. The van der Waals surface area contributed by atoms with Crippen molar-refractivity contribution in [1.29, 1.82) is 0 Å². The Hall–Kier alpha value is -2.16. The smallest absolute Gasteiger partial charge is 0.303 e. The first kappa shape index (κ1) is 18.9. The zero-order valence-corrected chi connectivity index (χ0v) is 13.4. The second-order valence-electron chi connectivity index (χ2n) is 4.97. The van der Waals surface area contributed by atoms with Gasteiger partial charge in [0, 0.05) is 27.7 Å². The fraction of sp³-hybridized carbons (Fsp3) is 0.714. The molecule has 0 bridgehead atoms. The lowest BCUT2D eigenvalue weighted by Crippen LogP contribution is -2.58. The van der Waals surface area contributed by atoms with E-state index in [9.17, 15) is 19.2 Å². The van der Waals surface area contributed by atoms with Gasteiger partial charge in [0.05, 0.1) is 6.61 Å². The van der Waals surface area contributed by atoms with Gasteiger partial charge < -0.3 is 23.7 Å². The SMILES string of the molecule is CC(=O)OCC1OCC(OC(C)=O)[C@H](OC(C)=O)[C@H]1OC(C)=O. The summed E-state index contributed by atoms with van der Waals surface area (Å²) in [6, 6.07) is 0. The maximum Gasteiger partial charge on any atom is 0.303 e. The van der Waals surface area contributed by atoms with Crippen LogP contribution < -0.4 is 0 Å². The normalized spacial score (nSPS) is 26.8. The van der Waals surface area contributed by atoms with Crippen molar-refractivity contribution < 1.29 is 42.9 Å². The molecule has 9 nitrogen and oxygen atoms in total. The van der Waals surface area contributed by atoms with Crippen molar-refractivity contribution in [3.8, 4) is 0 Å². The third-order valence-corrected chi connectivity index (χ3v) is 2.90. The molecule has 0 aromatic heterocycles. The van der Waals surface area contributed by atoms with Crippen LogP contribution in [-0.2, 0) is 42.9 Å². The highest BCUT2D eigenvalue weighted by atomic mass is 16.7. The average molecular weight is 332 g/mol. The number of hydrogen-bond donors (Lipinski definition) is 0. The predicted octanol–water partition coefficient (Wildman–Crippen LogP) is -0.257. The first-order valence-electron chi connectivity index (χ1n) is 6.97. The number of esters is 4. The Labute approximate surface area is 133 Å². The first-order chi connectivity index (χ1) is 10.7. The third-order valence-electron chi connectivity index (χ3n) is 2.90. The summed E-state index contributed by atoms with van der Waals surface area (Å²) in [5.74, 6) is -2.43. The molecule has 0 aromatic carbocycles. The Kier molecular flexibility index (Phi) is 6.95. The molecule has 1 heterocycles. The fourth-order valence-electron chi connectivity index (χ4n) is 2.16. The van der Waals surface area contributed by atoms with Gasteiger partial charge in [0.25, 0.3) is 0 Å². The molecule has 0 amide bonds. The summed E-state index contributed by atoms with van der Waals surface area (Å²) in [4.78, 5) is 44.8. The summed E-state index contributed by atoms with van der Waals surface area (Å²) in [5, 5.41) is 0. The van der Waals surface area contributed by atoms with Crippen molar-refractivity contribution in [1.82, 2.24) is 0 Å². The molecule has 0 N–H and O–H groups in total. The van der Waals surface area contributed by atoms with Crippen LogP contribution in [0.4, 0.5) is 0 Å². The van der Waals surface area contributed by atoms with Gasteiger partial charge >= 0.3 is 23.9 Å². The van der Waals surface area contributed by atoms with Crippen LogP contribution in [0.5, 0.6) is 0 Å². The molecule has 0 aromatic rings. The maximum absolute atomic E-state index is 11.3. The summed E-state index contributed by atoms with van der Waals surface area (Å²) in [5.41, 5.74) is 0. The number of hydrogen-bond acceptors (Lipinski definition) is 9. The van der Waals surface area contributed by atoms with Gasteiger partial charge in [-0.15, -0.1) is 0 Å². The Morgan fingerprint density at radius 3 is 1.83 bits per heavy atom. The molecule has 0 spiro atoms. The van der Waals surface area contributed by atoms with Crippen LogP contribution in [0, 0.1) is 0 Å². The van der Waals surface area contributed by atoms with Crippen LogP contribution in [0.25, 0.3) is 0 Å². The molecular weight excluding hydrogens is 312 g/mol. The van der Waals surface area contributed by atoms with E-state index in [4.69, 9.17) is 23.7 Å². The van der Waals surface area contributed by atoms with Crippen molar-refractivity contribution in [2.75, 3.05) is 13.2 Å². The van der Waals surface area contributed by atoms with E-state index in [2.05, 4.69) is 0 Å². The van der Waals surface area contributed by atoms with Crippen LogP contribution in [0.15, 0.2) is 0 Å². The monoisotopic (exact) mass is 332 g/mol. The van der Waals surface area contributed by atoms with Gasteiger partial charge in [-0.3, -0.25) is 19.2 Å². The molecule has 4 atom stereocenters. The Balaban J connectivity index is 2.98. The third kappa shape index (κ3) is 6.23. The van der Waals surface area contributed by atoms with E-state index in [-0.39, 0.29) is 13.2 Å². The Bertz CT molecular complexity index is 473. The van der Waals surface area contributed by atoms with Crippen LogP contribution in [0.2, 0.25) is 0 Å². The molecule has 0 saturated carbocycles. The van der Waals surface area contributed by atoms with Crippen LogP contribution >= 0.6 is 0 Å². The summed E-state index contributed by atoms with van der Waals surface area (Å²) < 4.78 is 25.6. The highest BCUT2D eigenvalue weighted by molar-refractivity contribution is 5.68. The molecule has 1 saturated heterocycles. The standard InChI is InChI=1S/C14H20O9/c1-7(15)19-5-11-13(22-9(3)17)14(23-10(4)18)12(6-20-11)21-8(2)16/h11-14H,5-6H2,1-4H3/t11?,12?,13-,14-/m0/s1. The number of ether oxygens (including phenoxy) is 5. The van der Waals surface area contributed by atoms with Gasteiger partial charge in [0.1, 0.15) is 12.7 Å². The van der Waals surface area contributed by atoms with Gasteiger partial charge in [-0.1, -0.05) is 0 Å². The van der Waals surface area contributed by atoms with Crippen LogP contribution in [0.1, 0.15) is 27.7 Å². The molecule has 130 valence electrons. The minimum atomic E-state index is -1.08. The molecule has 9 heteroatoms. The quantitative estimate of drug-likeness (QED) is 0.496. The summed E-state index contributed by atoms with van der Waals surface area (Å²) in [7, 11) is 0. The number of carbonyl (C=O) groups is 4. The van der Waals surface area contributed by atoms with Crippen molar-refractivity contribution in [2.24, 2.45) is 0 Å². The molecule has 1 aliphatic heterocycles. The molecule has 2 unspecified atom stereocenters. The lowest BCUT2D eigenvalue weighted by Gasteiger charge is -2.40. The predicted molar refractivity (Wildman–Crippen MR) is 73.0 cm³/mol. The topological polar surface area (TPSA) is 114 Å². The summed E-state index contributed by atoms with van der Waals surface area (Å²) in [6.45, 7) is 4.46. The van der Waals surface area contributed by atoms with Crippen molar-refractivity contribution in [3.63, 3.8) is 0 Å². The van der Waals surface area contributed by atoms with Crippen molar-refractivity contribution >= 4 is 23.9 Å². The van der Waals surface area contributed by atoms with Crippen LogP contribution in [-0.4, -0.2) is 61.5 Å². The second kappa shape index (κ2) is 8.47. The van der Waals surface area contributed by atoms with Gasteiger partial charge in [0.15, 0.2) is 18.3 Å². The first-order valence-corrected chi connectivity index (χ1v) is 6.97. The molecule has 1 rings (SSSR count). The molecule has 0 aliphatic carbocycles. The van der Waals surface area contributed by atoms with E-state index in [1.807, 2.05) is 0 Å². The molecule has 1 fully saturated rings. The number of rotatable bonds is 5. The Morgan fingerprint density at radius 2 is 1.35 bits per heavy atom. The average Bonchev–Trinajstić information content (AvgIpc) is 2.39. The largest absolute Gasteiger partial charge is 0.463 e. The zero-order valence-electron chi connectivity index (χ0n) is 13.4. The van der Waals surface area contributed by atoms with Gasteiger partial charge in [-0.05, 0) is 0 Å². The minimum Gasteiger partial charge on any atom is -0.463 e. The van der Waals surface area contributed by atoms with E-state index < -0.39 is 48.3 Å². The van der Waals surface area contributed by atoms with E-state index in [1.165, 1.54) is 27.7 Å². The fourth-order valence-corrected chi connectivity index (χ4v) is 2.16. The molecular formula is C14H20O9. The Morgan fingerprint density at radius 1 is 0.826 bits per heavy atom. The lowest BCUT2D eigenvalue weighted by molar-refractivity contribution is -0.231. The van der Waals surface area contributed by atoms with Crippen molar-refractivity contribution in [3.05, 3.63) is 0 Å². The van der Waals surface area contributed by atoms with E-state index >= 15 is 0 Å². The van der Waals surface area contributed by atoms with Crippen LogP contribution in [0.3, 0.4) is 0 Å². The maximum atomic E-state index is 11.3. The van der Waals surface area contributed by atoms with Gasteiger partial charge in [0.2, 0.25) is 0 Å². The van der Waals surface area contributed by atoms with Gasteiger partial charge in [-0.2, -0.15) is 0 Å². The molecule has 0 radical (unpaired) electrons. The van der Waals surface area contributed by atoms with E-state index in [0.29, 0.717) is 0 Å². The zero-order chi connectivity index (χ0) is 17.6. The van der Waals surface area contributed by atoms with Gasteiger partial charge in [-0.25, -0.2) is 0 Å². The minimum absolute atomic E-state index is 0.0960.